The topological polar surface area (TPSA) is 63.6 Å². The number of aryl methyl sites for hydroxylation is 1. The molecule has 17 heavy (non-hydrogen) atoms. The lowest BCUT2D eigenvalue weighted by Crippen LogP contribution is -2.06. The summed E-state index contributed by atoms with van der Waals surface area (Å²) in [6, 6.07) is 7.46. The third kappa shape index (κ3) is 4.78. The molecule has 1 aromatic rings. The molecule has 1 rings (SSSR count). The van der Waals surface area contributed by atoms with Crippen LogP contribution in [0.2, 0.25) is 0 Å². The van der Waals surface area contributed by atoms with Gasteiger partial charge in [-0.05, 0) is 17.5 Å². The van der Waals surface area contributed by atoms with Crippen molar-refractivity contribution >= 4 is 11.8 Å². The molecule has 92 valence electrons. The Morgan fingerprint density at radius 1 is 1.29 bits per heavy atom. The Labute approximate surface area is 100 Å². The first-order chi connectivity index (χ1) is 8.15. The van der Waals surface area contributed by atoms with Crippen molar-refractivity contribution in [3.63, 3.8) is 0 Å². The number of esters is 1. The second-order valence-electron chi connectivity index (χ2n) is 3.77. The molecule has 0 heterocycles. The van der Waals surface area contributed by atoms with E-state index in [0.29, 0.717) is 12.8 Å². The summed E-state index contributed by atoms with van der Waals surface area (Å²) < 4.78 is 4.58. The van der Waals surface area contributed by atoms with E-state index in [4.69, 9.17) is 5.11 Å². The fourth-order valence-corrected chi connectivity index (χ4v) is 1.50. The van der Waals surface area contributed by atoms with Gasteiger partial charge in [-0.25, -0.2) is 0 Å². The fraction of sp³-hybridized carbons (Fsp3) is 0.385. The van der Waals surface area contributed by atoms with E-state index in [1.165, 1.54) is 7.11 Å². The highest BCUT2D eigenvalue weighted by molar-refractivity contribution is 5.79. The predicted molar refractivity (Wildman–Crippen MR) is 62.6 cm³/mol. The molecular weight excluding hydrogens is 220 g/mol. The molecular formula is C13H16O4. The van der Waals surface area contributed by atoms with Crippen LogP contribution in [0, 0.1) is 0 Å². The van der Waals surface area contributed by atoms with Gasteiger partial charge in [-0.15, -0.1) is 0 Å². The van der Waals surface area contributed by atoms with E-state index in [1.54, 1.807) is 0 Å². The van der Waals surface area contributed by atoms with Gasteiger partial charge in [0.2, 0.25) is 0 Å². The number of hydrogen-bond acceptors (Lipinski definition) is 4. The highest BCUT2D eigenvalue weighted by atomic mass is 16.5. The van der Waals surface area contributed by atoms with Crippen molar-refractivity contribution in [2.24, 2.45) is 0 Å². The van der Waals surface area contributed by atoms with Gasteiger partial charge < -0.3 is 9.84 Å². The lowest BCUT2D eigenvalue weighted by Gasteiger charge is -2.04. The molecule has 0 aromatic heterocycles. The SMILES string of the molecule is COC(=O)Cc1cccc(CCC(=O)CO)c1. The van der Waals surface area contributed by atoms with Crippen LogP contribution in [0.15, 0.2) is 24.3 Å². The lowest BCUT2D eigenvalue weighted by atomic mass is 10.0. The van der Waals surface area contributed by atoms with Crippen molar-refractivity contribution in [2.75, 3.05) is 13.7 Å². The molecule has 1 aromatic carbocycles. The summed E-state index contributed by atoms with van der Waals surface area (Å²) in [7, 11) is 1.35. The van der Waals surface area contributed by atoms with E-state index in [0.717, 1.165) is 11.1 Å². The third-order valence-corrected chi connectivity index (χ3v) is 2.44. The summed E-state index contributed by atoms with van der Waals surface area (Å²) in [4.78, 5) is 22.1. The summed E-state index contributed by atoms with van der Waals surface area (Å²) in [5.41, 5.74) is 1.85. The predicted octanol–water partition coefficient (Wildman–Crippen LogP) is 0.896. The maximum atomic E-state index is 11.1. The minimum atomic E-state index is -0.415. The zero-order valence-corrected chi connectivity index (χ0v) is 9.81. The van der Waals surface area contributed by atoms with E-state index in [-0.39, 0.29) is 18.2 Å². The maximum absolute atomic E-state index is 11.1. The first kappa shape index (κ1) is 13.4. The maximum Gasteiger partial charge on any atom is 0.309 e. The molecule has 4 nitrogen and oxygen atoms in total. The van der Waals surface area contributed by atoms with Crippen LogP contribution < -0.4 is 0 Å². The van der Waals surface area contributed by atoms with Gasteiger partial charge in [0.25, 0.3) is 0 Å². The molecule has 0 aliphatic heterocycles. The molecule has 0 amide bonds. The Hall–Kier alpha value is -1.68. The number of Topliss-reactive ketones (excluding diaryl/α,β-unsaturated/α-hetero) is 1. The van der Waals surface area contributed by atoms with Crippen molar-refractivity contribution in [2.45, 2.75) is 19.3 Å². The number of rotatable bonds is 6. The zero-order valence-electron chi connectivity index (χ0n) is 9.81. The number of ether oxygens (including phenoxy) is 1. The molecule has 0 bridgehead atoms. The molecule has 0 fully saturated rings. The van der Waals surface area contributed by atoms with Crippen molar-refractivity contribution in [1.29, 1.82) is 0 Å². The van der Waals surface area contributed by atoms with Crippen molar-refractivity contribution in [1.82, 2.24) is 0 Å². The highest BCUT2D eigenvalue weighted by Gasteiger charge is 2.05. The molecule has 1 N–H and O–H groups in total. The van der Waals surface area contributed by atoms with Gasteiger partial charge in [0.05, 0.1) is 13.5 Å². The summed E-state index contributed by atoms with van der Waals surface area (Å²) in [5.74, 6) is -0.461. The number of hydrogen-bond donors (Lipinski definition) is 1. The van der Waals surface area contributed by atoms with Crippen LogP contribution in [-0.2, 0) is 27.2 Å². The molecule has 4 heteroatoms. The van der Waals surface area contributed by atoms with Gasteiger partial charge in [0.1, 0.15) is 6.61 Å². The third-order valence-electron chi connectivity index (χ3n) is 2.44. The summed E-state index contributed by atoms with van der Waals surface area (Å²) in [6.07, 6.45) is 1.13. The van der Waals surface area contributed by atoms with E-state index in [9.17, 15) is 9.59 Å². The summed E-state index contributed by atoms with van der Waals surface area (Å²) >= 11 is 0. The standard InChI is InChI=1S/C13H16O4/c1-17-13(16)8-11-4-2-3-10(7-11)5-6-12(15)9-14/h2-4,7,14H,5-6,8-9H2,1H3. The molecule has 0 saturated carbocycles. The minimum Gasteiger partial charge on any atom is -0.469 e. The number of methoxy groups -OCH3 is 1. The Balaban J connectivity index is 2.59. The number of aliphatic hydroxyl groups excluding tert-OH is 1. The minimum absolute atomic E-state index is 0.177. The lowest BCUT2D eigenvalue weighted by molar-refractivity contribution is -0.139. The molecule has 0 radical (unpaired) electrons. The van der Waals surface area contributed by atoms with E-state index >= 15 is 0 Å². The van der Waals surface area contributed by atoms with E-state index in [1.807, 2.05) is 24.3 Å². The quantitative estimate of drug-likeness (QED) is 0.745. The average Bonchev–Trinajstić information content (AvgIpc) is 2.36. The van der Waals surface area contributed by atoms with Crippen LogP contribution in [0.25, 0.3) is 0 Å². The second-order valence-corrected chi connectivity index (χ2v) is 3.77. The number of aliphatic hydroxyl groups is 1. The Kier molecular flexibility index (Phi) is 5.36. The zero-order chi connectivity index (χ0) is 12.7. The molecule has 0 unspecified atom stereocenters. The van der Waals surface area contributed by atoms with Crippen LogP contribution in [0.4, 0.5) is 0 Å². The fourth-order valence-electron chi connectivity index (χ4n) is 1.50. The van der Waals surface area contributed by atoms with Gasteiger partial charge in [-0.1, -0.05) is 24.3 Å². The molecule has 0 atom stereocenters. The monoisotopic (exact) mass is 236 g/mol. The van der Waals surface area contributed by atoms with Gasteiger partial charge in [0, 0.05) is 6.42 Å². The number of carbonyl (C=O) groups is 2. The second kappa shape index (κ2) is 6.81. The van der Waals surface area contributed by atoms with Crippen LogP contribution >= 0.6 is 0 Å². The Bertz CT molecular complexity index is 398. The van der Waals surface area contributed by atoms with Gasteiger partial charge in [-0.2, -0.15) is 0 Å². The Morgan fingerprint density at radius 2 is 2.00 bits per heavy atom. The molecule has 0 spiro atoms. The number of carbonyl (C=O) groups excluding carboxylic acids is 2. The van der Waals surface area contributed by atoms with Crippen LogP contribution in [-0.4, -0.2) is 30.6 Å². The van der Waals surface area contributed by atoms with Crippen molar-refractivity contribution in [3.05, 3.63) is 35.4 Å². The highest BCUT2D eigenvalue weighted by Crippen LogP contribution is 2.09. The average molecular weight is 236 g/mol. The number of ketones is 1. The van der Waals surface area contributed by atoms with Crippen molar-refractivity contribution < 1.29 is 19.4 Å². The molecule has 0 aliphatic carbocycles. The first-order valence-corrected chi connectivity index (χ1v) is 5.43. The number of benzene rings is 1. The first-order valence-electron chi connectivity index (χ1n) is 5.43. The van der Waals surface area contributed by atoms with E-state index < -0.39 is 6.61 Å². The smallest absolute Gasteiger partial charge is 0.309 e. The van der Waals surface area contributed by atoms with Crippen LogP contribution in [0.3, 0.4) is 0 Å². The van der Waals surface area contributed by atoms with Gasteiger partial charge in [-0.3, -0.25) is 9.59 Å². The Morgan fingerprint density at radius 3 is 2.65 bits per heavy atom. The largest absolute Gasteiger partial charge is 0.469 e. The normalized spacial score (nSPS) is 10.0. The van der Waals surface area contributed by atoms with E-state index in [2.05, 4.69) is 4.74 Å². The van der Waals surface area contributed by atoms with Gasteiger partial charge >= 0.3 is 5.97 Å². The summed E-state index contributed by atoms with van der Waals surface area (Å²) in [5, 5.41) is 8.61. The van der Waals surface area contributed by atoms with Crippen LogP contribution in [0.5, 0.6) is 0 Å². The van der Waals surface area contributed by atoms with Gasteiger partial charge in [0.15, 0.2) is 5.78 Å². The molecule has 0 saturated heterocycles. The van der Waals surface area contributed by atoms with Crippen molar-refractivity contribution in [3.8, 4) is 0 Å². The molecule has 0 aliphatic rings. The van der Waals surface area contributed by atoms with Crippen LogP contribution in [0.1, 0.15) is 17.5 Å². The summed E-state index contributed by atoms with van der Waals surface area (Å²) in [6.45, 7) is -0.415.